The molecule has 1 aromatic rings. The minimum atomic E-state index is -0.433. The summed E-state index contributed by atoms with van der Waals surface area (Å²) in [6.45, 7) is 3.73. The zero-order valence-electron chi connectivity index (χ0n) is 8.71. The second kappa shape index (κ2) is 4.52. The predicted octanol–water partition coefficient (Wildman–Crippen LogP) is 2.39. The van der Waals surface area contributed by atoms with Gasteiger partial charge in [0.15, 0.2) is 0 Å². The summed E-state index contributed by atoms with van der Waals surface area (Å²) < 4.78 is 0. The van der Waals surface area contributed by atoms with E-state index in [1.165, 1.54) is 0 Å². The van der Waals surface area contributed by atoms with Crippen molar-refractivity contribution in [3.63, 3.8) is 0 Å². The van der Waals surface area contributed by atoms with Crippen LogP contribution in [0.3, 0.4) is 0 Å². The number of benzene rings is 1. The molecular weight excluding hydrogens is 212 g/mol. The lowest BCUT2D eigenvalue weighted by molar-refractivity contribution is 0.234. The second-order valence-corrected chi connectivity index (χ2v) is 4.38. The fraction of sp³-hybridized carbons (Fsp3) is 0.364. The van der Waals surface area contributed by atoms with Gasteiger partial charge < -0.3 is 10.4 Å². The molecule has 0 aliphatic heterocycles. The van der Waals surface area contributed by atoms with Crippen LogP contribution in [0.2, 0.25) is 5.02 Å². The van der Waals surface area contributed by atoms with Crippen LogP contribution < -0.4 is 5.32 Å². The van der Waals surface area contributed by atoms with Gasteiger partial charge in [0.1, 0.15) is 0 Å². The number of nitrogens with zero attached hydrogens (tertiary/aromatic N) is 1. The Morgan fingerprint density at radius 2 is 2.20 bits per heavy atom. The van der Waals surface area contributed by atoms with Crippen molar-refractivity contribution < 1.29 is 5.11 Å². The molecule has 15 heavy (non-hydrogen) atoms. The van der Waals surface area contributed by atoms with Crippen LogP contribution in [0.25, 0.3) is 0 Å². The largest absolute Gasteiger partial charge is 0.394 e. The van der Waals surface area contributed by atoms with Crippen LogP contribution in [-0.2, 0) is 0 Å². The average molecular weight is 225 g/mol. The number of nitriles is 1. The Balaban J connectivity index is 2.93. The van der Waals surface area contributed by atoms with Gasteiger partial charge in [-0.25, -0.2) is 0 Å². The van der Waals surface area contributed by atoms with Crippen LogP contribution in [0.5, 0.6) is 0 Å². The molecule has 0 atom stereocenters. The molecule has 3 nitrogen and oxygen atoms in total. The molecule has 0 bridgehead atoms. The van der Waals surface area contributed by atoms with Crippen LogP contribution in [0.1, 0.15) is 19.4 Å². The van der Waals surface area contributed by atoms with E-state index in [1.54, 1.807) is 18.2 Å². The lowest BCUT2D eigenvalue weighted by Gasteiger charge is -2.25. The van der Waals surface area contributed by atoms with E-state index in [2.05, 4.69) is 5.32 Å². The van der Waals surface area contributed by atoms with Crippen molar-refractivity contribution in [2.24, 2.45) is 0 Å². The molecule has 0 amide bonds. The average Bonchev–Trinajstić information content (AvgIpc) is 2.21. The summed E-state index contributed by atoms with van der Waals surface area (Å²) in [6, 6.07) is 7.02. The first kappa shape index (κ1) is 11.8. The first-order valence-electron chi connectivity index (χ1n) is 4.57. The van der Waals surface area contributed by atoms with Crippen molar-refractivity contribution in [3.8, 4) is 6.07 Å². The Labute approximate surface area is 94.3 Å². The number of hydrogen-bond acceptors (Lipinski definition) is 3. The molecular formula is C11H13ClN2O. The highest BCUT2D eigenvalue weighted by Gasteiger charge is 2.16. The van der Waals surface area contributed by atoms with E-state index < -0.39 is 5.54 Å². The van der Waals surface area contributed by atoms with E-state index in [-0.39, 0.29) is 6.61 Å². The van der Waals surface area contributed by atoms with Crippen molar-refractivity contribution in [1.82, 2.24) is 0 Å². The maximum atomic E-state index is 9.09. The molecule has 0 aromatic heterocycles. The Morgan fingerprint density at radius 3 is 2.67 bits per heavy atom. The number of anilines is 1. The van der Waals surface area contributed by atoms with Gasteiger partial charge in [-0.15, -0.1) is 0 Å². The minimum absolute atomic E-state index is 0.00330. The van der Waals surface area contributed by atoms with Gasteiger partial charge in [-0.3, -0.25) is 0 Å². The van der Waals surface area contributed by atoms with Gasteiger partial charge in [-0.2, -0.15) is 5.26 Å². The van der Waals surface area contributed by atoms with Crippen LogP contribution in [0.15, 0.2) is 18.2 Å². The van der Waals surface area contributed by atoms with E-state index in [1.807, 2.05) is 19.9 Å². The Morgan fingerprint density at radius 1 is 1.53 bits per heavy atom. The lowest BCUT2D eigenvalue weighted by Crippen LogP contribution is -2.34. The molecule has 0 aliphatic rings. The van der Waals surface area contributed by atoms with Crippen LogP contribution in [-0.4, -0.2) is 17.3 Å². The fourth-order valence-corrected chi connectivity index (χ4v) is 1.32. The second-order valence-electron chi connectivity index (χ2n) is 3.97. The predicted molar refractivity (Wildman–Crippen MR) is 61.0 cm³/mol. The molecule has 1 aromatic carbocycles. The summed E-state index contributed by atoms with van der Waals surface area (Å²) in [5.41, 5.74) is 0.805. The highest BCUT2D eigenvalue weighted by molar-refractivity contribution is 6.33. The van der Waals surface area contributed by atoms with Crippen molar-refractivity contribution in [2.75, 3.05) is 11.9 Å². The molecule has 0 saturated heterocycles. The maximum absolute atomic E-state index is 9.09. The van der Waals surface area contributed by atoms with Gasteiger partial charge in [0.05, 0.1) is 34.5 Å². The zero-order valence-corrected chi connectivity index (χ0v) is 9.47. The zero-order chi connectivity index (χ0) is 11.5. The molecule has 4 heteroatoms. The van der Waals surface area contributed by atoms with Crippen molar-refractivity contribution >= 4 is 17.3 Å². The highest BCUT2D eigenvalue weighted by atomic mass is 35.5. The first-order valence-corrected chi connectivity index (χ1v) is 4.95. The molecule has 1 rings (SSSR count). The van der Waals surface area contributed by atoms with Gasteiger partial charge in [-0.05, 0) is 32.0 Å². The van der Waals surface area contributed by atoms with Crippen LogP contribution >= 0.6 is 11.6 Å². The molecule has 0 saturated carbocycles. The van der Waals surface area contributed by atoms with E-state index in [0.29, 0.717) is 10.6 Å². The smallest absolute Gasteiger partial charge is 0.0992 e. The van der Waals surface area contributed by atoms with Crippen molar-refractivity contribution in [2.45, 2.75) is 19.4 Å². The van der Waals surface area contributed by atoms with Crippen LogP contribution in [0.4, 0.5) is 5.69 Å². The molecule has 0 spiro atoms. The summed E-state index contributed by atoms with van der Waals surface area (Å²) in [5, 5.41) is 21.3. The molecule has 0 aliphatic carbocycles. The van der Waals surface area contributed by atoms with Gasteiger partial charge in [0, 0.05) is 0 Å². The van der Waals surface area contributed by atoms with E-state index in [0.717, 1.165) is 5.69 Å². The lowest BCUT2D eigenvalue weighted by atomic mass is 10.1. The fourth-order valence-electron chi connectivity index (χ4n) is 1.09. The topological polar surface area (TPSA) is 56.0 Å². The molecule has 80 valence electrons. The third kappa shape index (κ3) is 3.12. The summed E-state index contributed by atoms with van der Waals surface area (Å²) >= 11 is 5.98. The highest BCUT2D eigenvalue weighted by Crippen LogP contribution is 2.25. The van der Waals surface area contributed by atoms with Gasteiger partial charge >= 0.3 is 0 Å². The Kier molecular flexibility index (Phi) is 3.57. The molecule has 0 fully saturated rings. The minimum Gasteiger partial charge on any atom is -0.394 e. The number of aliphatic hydroxyl groups is 1. The quantitative estimate of drug-likeness (QED) is 0.829. The summed E-state index contributed by atoms with van der Waals surface area (Å²) in [6.07, 6.45) is 0. The van der Waals surface area contributed by atoms with E-state index in [4.69, 9.17) is 22.0 Å². The van der Waals surface area contributed by atoms with E-state index in [9.17, 15) is 0 Å². The van der Waals surface area contributed by atoms with E-state index >= 15 is 0 Å². The number of aliphatic hydroxyl groups excluding tert-OH is 1. The molecule has 0 radical (unpaired) electrons. The number of halogens is 1. The standard InChI is InChI=1S/C11H13ClN2O/c1-11(2,7-15)14-10-4-3-8(6-13)5-9(10)12/h3-5,14-15H,7H2,1-2H3. The number of rotatable bonds is 3. The first-order chi connectivity index (χ1) is 6.98. The monoisotopic (exact) mass is 224 g/mol. The van der Waals surface area contributed by atoms with Gasteiger partial charge in [0.25, 0.3) is 0 Å². The third-order valence-electron chi connectivity index (χ3n) is 1.97. The molecule has 2 N–H and O–H groups in total. The maximum Gasteiger partial charge on any atom is 0.0992 e. The normalized spacial score (nSPS) is 10.9. The summed E-state index contributed by atoms with van der Waals surface area (Å²) in [5.74, 6) is 0. The number of hydrogen-bond donors (Lipinski definition) is 2. The summed E-state index contributed by atoms with van der Waals surface area (Å²) in [4.78, 5) is 0. The summed E-state index contributed by atoms with van der Waals surface area (Å²) in [7, 11) is 0. The van der Waals surface area contributed by atoms with Crippen molar-refractivity contribution in [3.05, 3.63) is 28.8 Å². The molecule has 0 heterocycles. The molecule has 0 unspecified atom stereocenters. The Hall–Kier alpha value is -1.24. The third-order valence-corrected chi connectivity index (χ3v) is 2.28. The Bertz CT molecular complexity index is 396. The van der Waals surface area contributed by atoms with Crippen molar-refractivity contribution in [1.29, 1.82) is 5.26 Å². The van der Waals surface area contributed by atoms with Gasteiger partial charge in [-0.1, -0.05) is 11.6 Å². The number of nitrogens with one attached hydrogen (secondary N) is 1. The van der Waals surface area contributed by atoms with Gasteiger partial charge in [0.2, 0.25) is 0 Å². The van der Waals surface area contributed by atoms with Crippen LogP contribution in [0, 0.1) is 11.3 Å². The SMILES string of the molecule is CC(C)(CO)Nc1ccc(C#N)cc1Cl.